The van der Waals surface area contributed by atoms with Gasteiger partial charge in [-0.15, -0.1) is 0 Å². The Morgan fingerprint density at radius 2 is 2.30 bits per heavy atom. The van der Waals surface area contributed by atoms with E-state index < -0.39 is 0 Å². The molecule has 10 heavy (non-hydrogen) atoms. The Morgan fingerprint density at radius 3 is 2.60 bits per heavy atom. The maximum atomic E-state index is 10.5. The fourth-order valence-electron chi connectivity index (χ4n) is 0.330. The van der Waals surface area contributed by atoms with Crippen molar-refractivity contribution in [2.75, 3.05) is 13.7 Å². The van der Waals surface area contributed by atoms with Gasteiger partial charge in [0.25, 0.3) is 0 Å². The molecule has 0 aromatic heterocycles. The fourth-order valence-corrected chi connectivity index (χ4v) is 0.330. The highest BCUT2D eigenvalue weighted by molar-refractivity contribution is 6.02. The van der Waals surface area contributed by atoms with E-state index in [2.05, 4.69) is 9.78 Å². The molecule has 0 amide bonds. The summed E-state index contributed by atoms with van der Waals surface area (Å²) in [6.45, 7) is 1.22. The van der Waals surface area contributed by atoms with Crippen molar-refractivity contribution in [3.8, 4) is 0 Å². The van der Waals surface area contributed by atoms with E-state index in [1.165, 1.54) is 14.0 Å². The number of rotatable bonds is 4. The first kappa shape index (κ1) is 9.04. The van der Waals surface area contributed by atoms with Crippen LogP contribution in [0.25, 0.3) is 5.41 Å². The molecule has 0 saturated carbocycles. The maximum absolute atomic E-state index is 10.5. The van der Waals surface area contributed by atoms with Gasteiger partial charge in [0.1, 0.15) is 6.61 Å². The SMILES string of the molecule is COOCC(=C=[N-])C(C)=O. The summed E-state index contributed by atoms with van der Waals surface area (Å²) >= 11 is 0. The molecular weight excluding hydrogens is 134 g/mol. The van der Waals surface area contributed by atoms with Gasteiger partial charge in [-0.1, -0.05) is 0 Å². The smallest absolute Gasteiger partial charge is 0.164 e. The van der Waals surface area contributed by atoms with Gasteiger partial charge in [0.15, 0.2) is 5.78 Å². The molecule has 0 unspecified atom stereocenters. The molecule has 0 heterocycles. The van der Waals surface area contributed by atoms with Crippen molar-refractivity contribution < 1.29 is 14.6 Å². The van der Waals surface area contributed by atoms with Crippen LogP contribution in [0.4, 0.5) is 0 Å². The van der Waals surface area contributed by atoms with Crippen LogP contribution in [0.3, 0.4) is 0 Å². The van der Waals surface area contributed by atoms with Crippen molar-refractivity contribution in [1.82, 2.24) is 0 Å². The van der Waals surface area contributed by atoms with Gasteiger partial charge in [-0.2, -0.15) is 0 Å². The molecule has 0 fully saturated rings. The zero-order chi connectivity index (χ0) is 7.98. The van der Waals surface area contributed by atoms with Crippen LogP contribution >= 0.6 is 0 Å². The molecule has 0 spiro atoms. The van der Waals surface area contributed by atoms with Crippen molar-refractivity contribution in [3.05, 3.63) is 11.0 Å². The van der Waals surface area contributed by atoms with Gasteiger partial charge in [-0.25, -0.2) is 9.78 Å². The van der Waals surface area contributed by atoms with E-state index in [0.717, 1.165) is 0 Å². The lowest BCUT2D eigenvalue weighted by Crippen LogP contribution is -2.05. The van der Waals surface area contributed by atoms with E-state index in [0.29, 0.717) is 0 Å². The molecule has 4 nitrogen and oxygen atoms in total. The van der Waals surface area contributed by atoms with Crippen molar-refractivity contribution >= 4 is 11.7 Å². The van der Waals surface area contributed by atoms with Crippen LogP contribution in [0.1, 0.15) is 6.92 Å². The predicted molar refractivity (Wildman–Crippen MR) is 35.5 cm³/mol. The van der Waals surface area contributed by atoms with Gasteiger partial charge in [0.05, 0.1) is 7.11 Å². The molecule has 0 N–H and O–H groups in total. The molecule has 0 atom stereocenters. The Bertz CT molecular complexity index is 170. The van der Waals surface area contributed by atoms with Crippen LogP contribution in [0.5, 0.6) is 0 Å². The second-order valence-electron chi connectivity index (χ2n) is 1.58. The van der Waals surface area contributed by atoms with E-state index in [4.69, 9.17) is 5.41 Å². The van der Waals surface area contributed by atoms with E-state index in [1.54, 1.807) is 5.87 Å². The first-order valence-corrected chi connectivity index (χ1v) is 2.64. The lowest BCUT2D eigenvalue weighted by atomic mass is 10.2. The summed E-state index contributed by atoms with van der Waals surface area (Å²) in [6.07, 6.45) is 0. The summed E-state index contributed by atoms with van der Waals surface area (Å²) in [7, 11) is 1.31. The molecule has 4 heteroatoms. The predicted octanol–water partition coefficient (Wildman–Crippen LogP) is 0.319. The molecule has 0 aromatic carbocycles. The largest absolute Gasteiger partial charge is 0.763 e. The van der Waals surface area contributed by atoms with Crippen LogP contribution in [0.15, 0.2) is 5.57 Å². The topological polar surface area (TPSA) is 57.8 Å². The van der Waals surface area contributed by atoms with Crippen LogP contribution < -0.4 is 0 Å². The molecular formula is C6H8NO3-. The minimum atomic E-state index is -0.292. The normalized spacial score (nSPS) is 8.60. The summed E-state index contributed by atoms with van der Waals surface area (Å²) in [5.74, 6) is 1.41. The molecule has 0 saturated heterocycles. The number of hydrogen-bond acceptors (Lipinski definition) is 3. The summed E-state index contributed by atoms with van der Waals surface area (Å²) in [6, 6.07) is 0. The molecule has 0 aromatic rings. The lowest BCUT2D eigenvalue weighted by Gasteiger charge is -1.99. The van der Waals surface area contributed by atoms with Gasteiger partial charge in [-0.3, -0.25) is 10.7 Å². The number of carbonyl (C=O) groups excluding carboxylic acids is 1. The summed E-state index contributed by atoms with van der Waals surface area (Å²) in [5, 5.41) is 8.28. The van der Waals surface area contributed by atoms with Crippen molar-refractivity contribution in [2.45, 2.75) is 6.92 Å². The summed E-state index contributed by atoms with van der Waals surface area (Å²) in [4.78, 5) is 19.1. The third-order valence-corrected chi connectivity index (χ3v) is 0.881. The highest BCUT2D eigenvalue weighted by Crippen LogP contribution is 1.91. The molecule has 0 radical (unpaired) electrons. The van der Waals surface area contributed by atoms with E-state index in [-0.39, 0.29) is 18.0 Å². The number of hydrogen-bond donors (Lipinski definition) is 0. The quantitative estimate of drug-likeness (QED) is 0.246. The number of nitrogens with zero attached hydrogens (tertiary/aromatic N) is 1. The van der Waals surface area contributed by atoms with Crippen molar-refractivity contribution in [1.29, 1.82) is 0 Å². The average Bonchev–Trinajstić information content (AvgIpc) is 1.89. The minimum Gasteiger partial charge on any atom is -0.763 e. The van der Waals surface area contributed by atoms with Crippen LogP contribution in [-0.4, -0.2) is 25.4 Å². The van der Waals surface area contributed by atoms with Crippen LogP contribution in [0, 0.1) is 0 Å². The van der Waals surface area contributed by atoms with Crippen LogP contribution in [0.2, 0.25) is 0 Å². The monoisotopic (exact) mass is 142 g/mol. The Labute approximate surface area is 58.9 Å². The van der Waals surface area contributed by atoms with Gasteiger partial charge in [0.2, 0.25) is 0 Å². The van der Waals surface area contributed by atoms with Gasteiger partial charge < -0.3 is 5.41 Å². The Balaban J connectivity index is 3.87. The molecule has 56 valence electrons. The molecule has 0 aliphatic carbocycles. The van der Waals surface area contributed by atoms with Crippen molar-refractivity contribution in [2.24, 2.45) is 0 Å². The second kappa shape index (κ2) is 4.88. The molecule has 0 rings (SSSR count). The van der Waals surface area contributed by atoms with Gasteiger partial charge in [-0.05, 0) is 6.92 Å². The fraction of sp³-hybridized carbons (Fsp3) is 0.500. The van der Waals surface area contributed by atoms with Gasteiger partial charge in [0, 0.05) is 5.57 Å². The molecule has 0 aliphatic rings. The third-order valence-electron chi connectivity index (χ3n) is 0.881. The average molecular weight is 142 g/mol. The Kier molecular flexibility index (Phi) is 4.41. The van der Waals surface area contributed by atoms with E-state index in [1.807, 2.05) is 0 Å². The maximum Gasteiger partial charge on any atom is 0.164 e. The zero-order valence-corrected chi connectivity index (χ0v) is 5.88. The highest BCUT2D eigenvalue weighted by atomic mass is 17.2. The Morgan fingerprint density at radius 1 is 1.70 bits per heavy atom. The van der Waals surface area contributed by atoms with E-state index in [9.17, 15) is 4.79 Å². The second-order valence-corrected chi connectivity index (χ2v) is 1.58. The Hall–Kier alpha value is -0.960. The number of Topliss-reactive ketones (excluding diaryl/α,β-unsaturated/α-hetero) is 1. The van der Waals surface area contributed by atoms with Gasteiger partial charge >= 0.3 is 0 Å². The van der Waals surface area contributed by atoms with Crippen molar-refractivity contribution in [3.63, 3.8) is 0 Å². The molecule has 0 bridgehead atoms. The summed E-state index contributed by atoms with van der Waals surface area (Å²) < 4.78 is 0. The summed E-state index contributed by atoms with van der Waals surface area (Å²) in [5.41, 5.74) is 0.0573. The number of ketones is 1. The number of carbonyl (C=O) groups is 1. The standard InChI is InChI=1S/C6H8NO3/c1-5(8)6(3-7)4-10-9-2/h4H2,1-2H3/q-1. The first-order valence-electron chi connectivity index (χ1n) is 2.64. The lowest BCUT2D eigenvalue weighted by molar-refractivity contribution is -0.264. The van der Waals surface area contributed by atoms with E-state index >= 15 is 0 Å². The third kappa shape index (κ3) is 3.14. The van der Waals surface area contributed by atoms with Crippen LogP contribution in [-0.2, 0) is 14.6 Å². The highest BCUT2D eigenvalue weighted by Gasteiger charge is 1.99. The molecule has 0 aliphatic heterocycles. The minimum absolute atomic E-state index is 0.0573. The first-order chi connectivity index (χ1) is 4.72. The zero-order valence-electron chi connectivity index (χ0n) is 5.88.